The molecule has 3 rings (SSSR count). The van der Waals surface area contributed by atoms with Gasteiger partial charge < -0.3 is 9.53 Å². The number of hydrogen-bond acceptors (Lipinski definition) is 5. The van der Waals surface area contributed by atoms with Crippen LogP contribution in [0.3, 0.4) is 0 Å². The molecule has 0 saturated carbocycles. The van der Waals surface area contributed by atoms with E-state index in [0.29, 0.717) is 40.9 Å². The fraction of sp³-hybridized carbons (Fsp3) is 0.211. The van der Waals surface area contributed by atoms with E-state index >= 15 is 0 Å². The first kappa shape index (κ1) is 18.1. The smallest absolute Gasteiger partial charge is 0.196 e. The largest absolute Gasteiger partial charge is 0.497 e. The van der Waals surface area contributed by atoms with Crippen LogP contribution in [0.1, 0.15) is 17.8 Å². The van der Waals surface area contributed by atoms with Crippen LogP contribution in [-0.4, -0.2) is 28.2 Å². The molecule has 134 valence electrons. The van der Waals surface area contributed by atoms with Crippen molar-refractivity contribution in [3.05, 3.63) is 65.7 Å². The molecular formula is C19H18FN3O2S. The highest BCUT2D eigenvalue weighted by Crippen LogP contribution is 2.28. The summed E-state index contributed by atoms with van der Waals surface area (Å²) in [5.41, 5.74) is 1.44. The number of thioether (sulfide) groups is 1. The van der Waals surface area contributed by atoms with E-state index in [4.69, 9.17) is 4.74 Å². The Morgan fingerprint density at radius 2 is 2.04 bits per heavy atom. The van der Waals surface area contributed by atoms with E-state index in [-0.39, 0.29) is 5.82 Å². The van der Waals surface area contributed by atoms with Gasteiger partial charge in [0.1, 0.15) is 23.7 Å². The number of halogens is 1. The Kier molecular flexibility index (Phi) is 6.01. The van der Waals surface area contributed by atoms with Crippen molar-refractivity contribution < 1.29 is 13.9 Å². The molecule has 0 N–H and O–H groups in total. The highest BCUT2D eigenvalue weighted by molar-refractivity contribution is 7.98. The van der Waals surface area contributed by atoms with Crippen molar-refractivity contribution >= 4 is 18.0 Å². The number of benzene rings is 2. The second kappa shape index (κ2) is 8.62. The number of carbonyl (C=O) groups is 1. The Balaban J connectivity index is 1.93. The minimum absolute atomic E-state index is 0.242. The highest BCUT2D eigenvalue weighted by atomic mass is 32.2. The molecule has 3 aromatic rings. The summed E-state index contributed by atoms with van der Waals surface area (Å²) in [6.45, 7) is 0. The lowest BCUT2D eigenvalue weighted by Crippen LogP contribution is -2.04. The van der Waals surface area contributed by atoms with Crippen molar-refractivity contribution in [2.45, 2.75) is 23.8 Å². The van der Waals surface area contributed by atoms with Crippen LogP contribution >= 0.6 is 11.8 Å². The molecule has 0 bridgehead atoms. The number of ether oxygens (including phenoxy) is 1. The van der Waals surface area contributed by atoms with Crippen LogP contribution in [0.5, 0.6) is 5.75 Å². The molecule has 0 amide bonds. The van der Waals surface area contributed by atoms with Gasteiger partial charge in [0.25, 0.3) is 0 Å². The normalized spacial score (nSPS) is 10.7. The number of hydrogen-bond donors (Lipinski definition) is 0. The Hall–Kier alpha value is -2.67. The zero-order chi connectivity index (χ0) is 18.4. The third-order valence-electron chi connectivity index (χ3n) is 3.81. The molecule has 0 fully saturated rings. The summed E-state index contributed by atoms with van der Waals surface area (Å²) in [5, 5.41) is 9.10. The number of rotatable bonds is 8. The van der Waals surface area contributed by atoms with Gasteiger partial charge >= 0.3 is 0 Å². The third-order valence-corrected chi connectivity index (χ3v) is 4.79. The van der Waals surface area contributed by atoms with Crippen LogP contribution < -0.4 is 4.74 Å². The molecule has 0 unspecified atom stereocenters. The summed E-state index contributed by atoms with van der Waals surface area (Å²) in [7, 11) is 1.60. The average Bonchev–Trinajstić information content (AvgIpc) is 3.08. The van der Waals surface area contributed by atoms with Gasteiger partial charge in [-0.1, -0.05) is 36.0 Å². The molecule has 26 heavy (non-hydrogen) atoms. The zero-order valence-electron chi connectivity index (χ0n) is 14.3. The lowest BCUT2D eigenvalue weighted by Gasteiger charge is -2.11. The average molecular weight is 371 g/mol. The summed E-state index contributed by atoms with van der Waals surface area (Å²) in [6.07, 6.45) is 1.70. The first-order valence-corrected chi connectivity index (χ1v) is 9.10. The van der Waals surface area contributed by atoms with E-state index in [0.717, 1.165) is 12.0 Å². The van der Waals surface area contributed by atoms with Crippen LogP contribution in [0.15, 0.2) is 53.7 Å². The maximum Gasteiger partial charge on any atom is 0.196 e. The molecule has 1 aromatic heterocycles. The zero-order valence-corrected chi connectivity index (χ0v) is 15.1. The minimum atomic E-state index is -0.242. The molecule has 0 aliphatic heterocycles. The molecule has 0 atom stereocenters. The Bertz CT molecular complexity index is 898. The van der Waals surface area contributed by atoms with Crippen molar-refractivity contribution in [3.63, 3.8) is 0 Å². The summed E-state index contributed by atoms with van der Waals surface area (Å²) in [6, 6.07) is 14.2. The van der Waals surface area contributed by atoms with Gasteiger partial charge in [0, 0.05) is 24.7 Å². The lowest BCUT2D eigenvalue weighted by molar-refractivity contribution is -0.107. The van der Waals surface area contributed by atoms with Gasteiger partial charge in [-0.2, -0.15) is 0 Å². The first-order valence-electron chi connectivity index (χ1n) is 8.11. The van der Waals surface area contributed by atoms with E-state index in [2.05, 4.69) is 10.2 Å². The van der Waals surface area contributed by atoms with Gasteiger partial charge in [-0.05, 0) is 23.8 Å². The van der Waals surface area contributed by atoms with Gasteiger partial charge in [0.2, 0.25) is 0 Å². The minimum Gasteiger partial charge on any atom is -0.497 e. The van der Waals surface area contributed by atoms with Gasteiger partial charge in [0.15, 0.2) is 5.16 Å². The number of aldehydes is 1. The summed E-state index contributed by atoms with van der Waals surface area (Å²) in [5.74, 6) is 1.58. The fourth-order valence-corrected chi connectivity index (χ4v) is 3.47. The Morgan fingerprint density at radius 1 is 1.19 bits per heavy atom. The van der Waals surface area contributed by atoms with Crippen LogP contribution in [-0.2, 0) is 17.0 Å². The number of aromatic nitrogens is 3. The van der Waals surface area contributed by atoms with Crippen LogP contribution in [0, 0.1) is 5.82 Å². The van der Waals surface area contributed by atoms with Crippen LogP contribution in [0.2, 0.25) is 0 Å². The SMILES string of the molecule is COc1cccc(-n2c(CCC=O)nnc2SCc2ccccc2F)c1. The molecule has 1 heterocycles. The molecule has 0 saturated heterocycles. The number of carbonyl (C=O) groups excluding carboxylic acids is 1. The second-order valence-electron chi connectivity index (χ2n) is 5.52. The molecule has 0 aliphatic rings. The number of nitrogens with zero attached hydrogens (tertiary/aromatic N) is 3. The van der Waals surface area contributed by atoms with E-state index in [1.165, 1.54) is 17.8 Å². The maximum absolute atomic E-state index is 13.9. The van der Waals surface area contributed by atoms with E-state index in [1.807, 2.05) is 28.8 Å². The third kappa shape index (κ3) is 4.11. The molecule has 0 radical (unpaired) electrons. The second-order valence-corrected chi connectivity index (χ2v) is 6.46. The van der Waals surface area contributed by atoms with Crippen LogP contribution in [0.4, 0.5) is 4.39 Å². The molecule has 0 spiro atoms. The number of methoxy groups -OCH3 is 1. The summed E-state index contributed by atoms with van der Waals surface area (Å²) < 4.78 is 21.1. The Morgan fingerprint density at radius 3 is 2.81 bits per heavy atom. The highest BCUT2D eigenvalue weighted by Gasteiger charge is 2.15. The van der Waals surface area contributed by atoms with Crippen molar-refractivity contribution in [1.29, 1.82) is 0 Å². The van der Waals surface area contributed by atoms with Crippen molar-refractivity contribution in [2.75, 3.05) is 7.11 Å². The quantitative estimate of drug-likeness (QED) is 0.445. The van der Waals surface area contributed by atoms with E-state index < -0.39 is 0 Å². The molecule has 7 heteroatoms. The topological polar surface area (TPSA) is 57.0 Å². The predicted molar refractivity (Wildman–Crippen MR) is 98.3 cm³/mol. The molecule has 0 aliphatic carbocycles. The first-order chi connectivity index (χ1) is 12.7. The predicted octanol–water partition coefficient (Wildman–Crippen LogP) is 3.84. The van der Waals surface area contributed by atoms with Gasteiger partial charge in [-0.15, -0.1) is 10.2 Å². The molecular weight excluding hydrogens is 353 g/mol. The van der Waals surface area contributed by atoms with Crippen LogP contribution in [0.25, 0.3) is 5.69 Å². The van der Waals surface area contributed by atoms with E-state index in [1.54, 1.807) is 25.3 Å². The van der Waals surface area contributed by atoms with Gasteiger partial charge in [-0.3, -0.25) is 4.57 Å². The summed E-state index contributed by atoms with van der Waals surface area (Å²) >= 11 is 1.40. The monoisotopic (exact) mass is 371 g/mol. The maximum atomic E-state index is 13.9. The van der Waals surface area contributed by atoms with Crippen molar-refractivity contribution in [3.8, 4) is 11.4 Å². The standard InChI is InChI=1S/C19H18FN3O2S/c1-25-16-8-4-7-15(12-16)23-18(10-5-11-24)21-22-19(23)26-13-14-6-2-3-9-17(14)20/h2-4,6-9,11-12H,5,10,13H2,1H3. The Labute approximate surface area is 155 Å². The van der Waals surface area contributed by atoms with E-state index in [9.17, 15) is 9.18 Å². The summed E-state index contributed by atoms with van der Waals surface area (Å²) in [4.78, 5) is 10.8. The fourth-order valence-electron chi connectivity index (χ4n) is 2.51. The number of aryl methyl sites for hydroxylation is 1. The van der Waals surface area contributed by atoms with Crippen molar-refractivity contribution in [2.24, 2.45) is 0 Å². The molecule has 2 aromatic carbocycles. The lowest BCUT2D eigenvalue weighted by atomic mass is 10.2. The molecule has 5 nitrogen and oxygen atoms in total. The van der Waals surface area contributed by atoms with Gasteiger partial charge in [-0.25, -0.2) is 4.39 Å². The van der Waals surface area contributed by atoms with Gasteiger partial charge in [0.05, 0.1) is 12.8 Å². The van der Waals surface area contributed by atoms with Crippen molar-refractivity contribution in [1.82, 2.24) is 14.8 Å².